The smallest absolute Gasteiger partial charge is 0.173 e. The average Bonchev–Trinajstić information content (AvgIpc) is 2.77. The standard InChI is InChI=1S/C28H46O2/c1-3-5-7-9-11-12-13-15-20-24-27(29)26(23-19-14-10-8-6-4-2)28(30)25-21-17-16-18-22-25/h16-18,21-22,26H,3-15,19-20,23-24H2,1-2H3. The lowest BCUT2D eigenvalue weighted by Gasteiger charge is -2.15. The highest BCUT2D eigenvalue weighted by Crippen LogP contribution is 2.21. The fraction of sp³-hybridized carbons (Fsp3) is 0.714. The van der Waals surface area contributed by atoms with Crippen molar-refractivity contribution in [2.75, 3.05) is 0 Å². The third-order valence-electron chi connectivity index (χ3n) is 6.14. The van der Waals surface area contributed by atoms with Crippen LogP contribution in [0.25, 0.3) is 0 Å². The molecule has 1 aromatic carbocycles. The summed E-state index contributed by atoms with van der Waals surface area (Å²) in [6.45, 7) is 4.47. The SMILES string of the molecule is CCCCCCCCCCCC(=O)C(CCCCCCCC)C(=O)c1ccccc1. The van der Waals surface area contributed by atoms with E-state index in [0.29, 0.717) is 12.0 Å². The van der Waals surface area contributed by atoms with E-state index in [2.05, 4.69) is 13.8 Å². The van der Waals surface area contributed by atoms with Crippen LogP contribution in [0.2, 0.25) is 0 Å². The Bertz CT molecular complexity index is 549. The Kier molecular flexibility index (Phi) is 16.3. The van der Waals surface area contributed by atoms with Crippen molar-refractivity contribution in [3.63, 3.8) is 0 Å². The van der Waals surface area contributed by atoms with Gasteiger partial charge < -0.3 is 0 Å². The molecule has 0 aliphatic heterocycles. The van der Waals surface area contributed by atoms with E-state index in [1.165, 1.54) is 70.6 Å². The molecule has 170 valence electrons. The van der Waals surface area contributed by atoms with Crippen LogP contribution in [0, 0.1) is 5.92 Å². The van der Waals surface area contributed by atoms with Gasteiger partial charge in [-0.05, 0) is 12.8 Å². The van der Waals surface area contributed by atoms with E-state index in [4.69, 9.17) is 0 Å². The summed E-state index contributed by atoms with van der Waals surface area (Å²) in [6, 6.07) is 9.40. The Hall–Kier alpha value is -1.44. The molecule has 1 atom stereocenters. The first kappa shape index (κ1) is 26.6. The van der Waals surface area contributed by atoms with E-state index in [9.17, 15) is 9.59 Å². The molecular formula is C28H46O2. The van der Waals surface area contributed by atoms with Crippen molar-refractivity contribution in [3.8, 4) is 0 Å². The van der Waals surface area contributed by atoms with E-state index in [-0.39, 0.29) is 11.6 Å². The van der Waals surface area contributed by atoms with Crippen LogP contribution < -0.4 is 0 Å². The summed E-state index contributed by atoms with van der Waals surface area (Å²) in [6.07, 6.45) is 19.6. The molecule has 0 amide bonds. The van der Waals surface area contributed by atoms with Crippen molar-refractivity contribution in [2.24, 2.45) is 5.92 Å². The Morgan fingerprint density at radius 2 is 1.10 bits per heavy atom. The van der Waals surface area contributed by atoms with Gasteiger partial charge in [0.25, 0.3) is 0 Å². The molecule has 0 saturated heterocycles. The number of rotatable bonds is 20. The number of benzene rings is 1. The minimum atomic E-state index is -0.437. The van der Waals surface area contributed by atoms with Gasteiger partial charge in [-0.3, -0.25) is 9.59 Å². The van der Waals surface area contributed by atoms with Gasteiger partial charge in [-0.15, -0.1) is 0 Å². The second-order valence-electron chi connectivity index (χ2n) is 8.88. The van der Waals surface area contributed by atoms with Gasteiger partial charge in [-0.25, -0.2) is 0 Å². The zero-order valence-electron chi connectivity index (χ0n) is 19.8. The minimum absolute atomic E-state index is 0.0325. The second-order valence-corrected chi connectivity index (χ2v) is 8.88. The Morgan fingerprint density at radius 3 is 1.63 bits per heavy atom. The van der Waals surface area contributed by atoms with Crippen molar-refractivity contribution in [3.05, 3.63) is 35.9 Å². The number of carbonyl (C=O) groups is 2. The molecule has 1 aromatic rings. The fourth-order valence-corrected chi connectivity index (χ4v) is 4.15. The molecule has 0 N–H and O–H groups in total. The van der Waals surface area contributed by atoms with Crippen molar-refractivity contribution in [1.82, 2.24) is 0 Å². The summed E-state index contributed by atoms with van der Waals surface area (Å²) >= 11 is 0. The van der Waals surface area contributed by atoms with Gasteiger partial charge in [0.05, 0.1) is 5.92 Å². The predicted octanol–water partition coefficient (Wildman–Crippen LogP) is 8.73. The third-order valence-corrected chi connectivity index (χ3v) is 6.14. The van der Waals surface area contributed by atoms with Crippen LogP contribution >= 0.6 is 0 Å². The van der Waals surface area contributed by atoms with Crippen LogP contribution in [0.4, 0.5) is 0 Å². The number of hydrogen-bond acceptors (Lipinski definition) is 2. The number of unbranched alkanes of at least 4 members (excludes halogenated alkanes) is 13. The number of hydrogen-bond donors (Lipinski definition) is 0. The van der Waals surface area contributed by atoms with Crippen LogP contribution in [0.3, 0.4) is 0 Å². The highest BCUT2D eigenvalue weighted by Gasteiger charge is 2.26. The normalized spacial score (nSPS) is 12.1. The third kappa shape index (κ3) is 12.3. The first-order valence-corrected chi connectivity index (χ1v) is 12.8. The maximum Gasteiger partial charge on any atom is 0.173 e. The van der Waals surface area contributed by atoms with Gasteiger partial charge >= 0.3 is 0 Å². The lowest BCUT2D eigenvalue weighted by molar-refractivity contribution is -0.121. The molecule has 0 saturated carbocycles. The molecule has 0 fully saturated rings. The molecule has 0 aliphatic rings. The lowest BCUT2D eigenvalue weighted by Crippen LogP contribution is -2.24. The highest BCUT2D eigenvalue weighted by atomic mass is 16.1. The molecule has 30 heavy (non-hydrogen) atoms. The summed E-state index contributed by atoms with van der Waals surface area (Å²) in [7, 11) is 0. The molecular weight excluding hydrogens is 368 g/mol. The average molecular weight is 415 g/mol. The largest absolute Gasteiger partial charge is 0.299 e. The van der Waals surface area contributed by atoms with Gasteiger partial charge in [0, 0.05) is 12.0 Å². The van der Waals surface area contributed by atoms with Crippen LogP contribution in [0.1, 0.15) is 133 Å². The van der Waals surface area contributed by atoms with Crippen molar-refractivity contribution in [1.29, 1.82) is 0 Å². The van der Waals surface area contributed by atoms with E-state index < -0.39 is 5.92 Å². The zero-order valence-corrected chi connectivity index (χ0v) is 19.8. The first-order valence-electron chi connectivity index (χ1n) is 12.8. The van der Waals surface area contributed by atoms with E-state index in [0.717, 1.165) is 32.1 Å². The molecule has 0 heterocycles. The Labute approximate surface area is 186 Å². The highest BCUT2D eigenvalue weighted by molar-refractivity contribution is 6.10. The summed E-state index contributed by atoms with van der Waals surface area (Å²) < 4.78 is 0. The van der Waals surface area contributed by atoms with Crippen LogP contribution in [0.5, 0.6) is 0 Å². The lowest BCUT2D eigenvalue weighted by atomic mass is 9.86. The van der Waals surface area contributed by atoms with Crippen LogP contribution in [-0.2, 0) is 4.79 Å². The van der Waals surface area contributed by atoms with Crippen molar-refractivity contribution >= 4 is 11.6 Å². The second kappa shape index (κ2) is 18.3. The fourth-order valence-electron chi connectivity index (χ4n) is 4.15. The van der Waals surface area contributed by atoms with E-state index in [1.807, 2.05) is 30.3 Å². The predicted molar refractivity (Wildman–Crippen MR) is 129 cm³/mol. The number of ketones is 2. The van der Waals surface area contributed by atoms with E-state index >= 15 is 0 Å². The number of carbonyl (C=O) groups excluding carboxylic acids is 2. The Morgan fingerprint density at radius 1 is 0.633 bits per heavy atom. The molecule has 0 spiro atoms. The maximum atomic E-state index is 13.0. The van der Waals surface area contributed by atoms with Crippen molar-refractivity contribution < 1.29 is 9.59 Å². The van der Waals surface area contributed by atoms with Crippen LogP contribution in [0.15, 0.2) is 30.3 Å². The van der Waals surface area contributed by atoms with Gasteiger partial charge in [-0.1, -0.05) is 134 Å². The molecule has 1 rings (SSSR count). The molecule has 0 aliphatic carbocycles. The van der Waals surface area contributed by atoms with Crippen molar-refractivity contribution in [2.45, 2.75) is 123 Å². The molecule has 2 nitrogen and oxygen atoms in total. The first-order chi connectivity index (χ1) is 14.7. The molecule has 1 unspecified atom stereocenters. The topological polar surface area (TPSA) is 34.1 Å². The Balaban J connectivity index is 2.39. The quantitative estimate of drug-likeness (QED) is 0.121. The summed E-state index contributed by atoms with van der Waals surface area (Å²) in [5.41, 5.74) is 0.689. The molecule has 2 heteroatoms. The van der Waals surface area contributed by atoms with Crippen LogP contribution in [-0.4, -0.2) is 11.6 Å². The summed E-state index contributed by atoms with van der Waals surface area (Å²) in [4.78, 5) is 25.9. The molecule has 0 bridgehead atoms. The van der Waals surface area contributed by atoms with Gasteiger partial charge in [-0.2, -0.15) is 0 Å². The maximum absolute atomic E-state index is 13.0. The molecule has 0 aromatic heterocycles. The monoisotopic (exact) mass is 414 g/mol. The number of Topliss-reactive ketones (excluding diaryl/α,β-unsaturated/α-hetero) is 2. The summed E-state index contributed by atoms with van der Waals surface area (Å²) in [5.74, 6) is -0.238. The zero-order chi connectivity index (χ0) is 21.9. The minimum Gasteiger partial charge on any atom is -0.299 e. The summed E-state index contributed by atoms with van der Waals surface area (Å²) in [5, 5.41) is 0. The van der Waals surface area contributed by atoms with Gasteiger partial charge in [0.15, 0.2) is 5.78 Å². The molecule has 0 radical (unpaired) electrons. The van der Waals surface area contributed by atoms with Gasteiger partial charge in [0.1, 0.15) is 5.78 Å². The van der Waals surface area contributed by atoms with Gasteiger partial charge in [0.2, 0.25) is 0 Å². The van der Waals surface area contributed by atoms with E-state index in [1.54, 1.807) is 0 Å².